The molecule has 0 amide bonds. The van der Waals surface area contributed by atoms with Crippen LogP contribution in [0.3, 0.4) is 0 Å². The number of rotatable bonds is 6. The minimum atomic E-state index is 0.625. The van der Waals surface area contributed by atoms with Gasteiger partial charge in [0.1, 0.15) is 0 Å². The lowest BCUT2D eigenvalue weighted by atomic mass is 9.85. The summed E-state index contributed by atoms with van der Waals surface area (Å²) in [4.78, 5) is 2.40. The van der Waals surface area contributed by atoms with Crippen LogP contribution in [-0.4, -0.2) is 19.6 Å². The van der Waals surface area contributed by atoms with Gasteiger partial charge in [0.15, 0.2) is 0 Å². The van der Waals surface area contributed by atoms with Crippen LogP contribution in [0.25, 0.3) is 0 Å². The number of hydrogen-bond acceptors (Lipinski definition) is 2. The molecule has 0 radical (unpaired) electrons. The van der Waals surface area contributed by atoms with Crippen LogP contribution in [-0.2, 0) is 6.54 Å². The molecular formula is C18H29ClN2. The third-order valence-electron chi connectivity index (χ3n) is 4.71. The second kappa shape index (κ2) is 8.05. The molecule has 3 heteroatoms. The zero-order valence-electron chi connectivity index (χ0n) is 13.7. The van der Waals surface area contributed by atoms with Crippen LogP contribution < -0.4 is 10.2 Å². The van der Waals surface area contributed by atoms with Crippen molar-refractivity contribution in [3.8, 4) is 0 Å². The van der Waals surface area contributed by atoms with Gasteiger partial charge in [-0.3, -0.25) is 0 Å². The average molecular weight is 309 g/mol. The van der Waals surface area contributed by atoms with E-state index >= 15 is 0 Å². The smallest absolute Gasteiger partial charge is 0.0642 e. The van der Waals surface area contributed by atoms with E-state index in [0.717, 1.165) is 30.5 Å². The SMILES string of the molecule is CCCNCc1ccc(N(C)C2CCCCC2C)c(Cl)c1. The van der Waals surface area contributed by atoms with Gasteiger partial charge in [-0.25, -0.2) is 0 Å². The van der Waals surface area contributed by atoms with Crippen molar-refractivity contribution in [1.29, 1.82) is 0 Å². The normalized spacial score (nSPS) is 22.3. The Bertz CT molecular complexity index is 447. The van der Waals surface area contributed by atoms with Gasteiger partial charge >= 0.3 is 0 Å². The maximum atomic E-state index is 6.53. The summed E-state index contributed by atoms with van der Waals surface area (Å²) in [6, 6.07) is 7.13. The molecule has 0 bridgehead atoms. The molecule has 1 aliphatic rings. The fourth-order valence-corrected chi connectivity index (χ4v) is 3.74. The fraction of sp³-hybridized carbons (Fsp3) is 0.667. The first-order valence-corrected chi connectivity index (χ1v) is 8.73. The standard InChI is InChI=1S/C18H29ClN2/c1-4-11-20-13-15-9-10-18(16(19)12-15)21(3)17-8-6-5-7-14(17)2/h9-10,12,14,17,20H,4-8,11,13H2,1-3H3. The molecule has 0 heterocycles. The van der Waals surface area contributed by atoms with E-state index in [9.17, 15) is 0 Å². The molecule has 0 spiro atoms. The van der Waals surface area contributed by atoms with Gasteiger partial charge in [0, 0.05) is 19.6 Å². The van der Waals surface area contributed by atoms with E-state index in [1.54, 1.807) is 0 Å². The Labute approximate surface area is 134 Å². The molecule has 21 heavy (non-hydrogen) atoms. The van der Waals surface area contributed by atoms with Crippen molar-refractivity contribution >= 4 is 17.3 Å². The van der Waals surface area contributed by atoms with Gasteiger partial charge in [-0.1, -0.05) is 44.4 Å². The van der Waals surface area contributed by atoms with Crippen LogP contribution in [0.1, 0.15) is 51.5 Å². The summed E-state index contributed by atoms with van der Waals surface area (Å²) in [7, 11) is 2.20. The summed E-state index contributed by atoms with van der Waals surface area (Å²) in [6.07, 6.45) is 6.50. The van der Waals surface area contributed by atoms with E-state index in [1.165, 1.54) is 36.9 Å². The van der Waals surface area contributed by atoms with E-state index in [-0.39, 0.29) is 0 Å². The van der Waals surface area contributed by atoms with Gasteiger partial charge in [0.05, 0.1) is 10.7 Å². The second-order valence-electron chi connectivity index (χ2n) is 6.40. The van der Waals surface area contributed by atoms with Crippen molar-refractivity contribution < 1.29 is 0 Å². The largest absolute Gasteiger partial charge is 0.370 e. The van der Waals surface area contributed by atoms with Crippen molar-refractivity contribution in [2.45, 2.75) is 58.5 Å². The van der Waals surface area contributed by atoms with Gasteiger partial charge in [0.2, 0.25) is 0 Å². The van der Waals surface area contributed by atoms with E-state index < -0.39 is 0 Å². The predicted octanol–water partition coefficient (Wildman–Crippen LogP) is 4.85. The van der Waals surface area contributed by atoms with Gasteiger partial charge in [0.25, 0.3) is 0 Å². The number of benzene rings is 1. The maximum absolute atomic E-state index is 6.53. The van der Waals surface area contributed by atoms with Crippen LogP contribution >= 0.6 is 11.6 Å². The van der Waals surface area contributed by atoms with Crippen molar-refractivity contribution in [3.05, 3.63) is 28.8 Å². The van der Waals surface area contributed by atoms with Crippen LogP contribution in [0.4, 0.5) is 5.69 Å². The monoisotopic (exact) mass is 308 g/mol. The average Bonchev–Trinajstić information content (AvgIpc) is 2.47. The number of halogens is 1. The lowest BCUT2D eigenvalue weighted by molar-refractivity contribution is 0.321. The van der Waals surface area contributed by atoms with Gasteiger partial charge in [-0.15, -0.1) is 0 Å². The Morgan fingerprint density at radius 1 is 1.29 bits per heavy atom. The highest BCUT2D eigenvalue weighted by atomic mass is 35.5. The summed E-state index contributed by atoms with van der Waals surface area (Å²) in [5.41, 5.74) is 2.44. The fourth-order valence-electron chi connectivity index (χ4n) is 3.41. The van der Waals surface area contributed by atoms with Gasteiger partial charge in [-0.2, -0.15) is 0 Å². The zero-order chi connectivity index (χ0) is 15.2. The molecule has 1 fully saturated rings. The first-order valence-electron chi connectivity index (χ1n) is 8.35. The maximum Gasteiger partial charge on any atom is 0.0642 e. The highest BCUT2D eigenvalue weighted by molar-refractivity contribution is 6.33. The number of anilines is 1. The quantitative estimate of drug-likeness (QED) is 0.755. The van der Waals surface area contributed by atoms with E-state index in [2.05, 4.69) is 49.3 Å². The van der Waals surface area contributed by atoms with Gasteiger partial charge < -0.3 is 10.2 Å². The van der Waals surface area contributed by atoms with Crippen molar-refractivity contribution in [2.24, 2.45) is 5.92 Å². The molecule has 0 saturated heterocycles. The topological polar surface area (TPSA) is 15.3 Å². The minimum absolute atomic E-state index is 0.625. The highest BCUT2D eigenvalue weighted by Gasteiger charge is 2.26. The number of hydrogen-bond donors (Lipinski definition) is 1. The highest BCUT2D eigenvalue weighted by Crippen LogP contribution is 2.34. The predicted molar refractivity (Wildman–Crippen MR) is 93.3 cm³/mol. The molecule has 2 atom stereocenters. The van der Waals surface area contributed by atoms with Crippen molar-refractivity contribution in [3.63, 3.8) is 0 Å². The summed E-state index contributed by atoms with van der Waals surface area (Å²) < 4.78 is 0. The van der Waals surface area contributed by atoms with Crippen molar-refractivity contribution in [2.75, 3.05) is 18.5 Å². The molecule has 1 aromatic rings. The second-order valence-corrected chi connectivity index (χ2v) is 6.81. The Balaban J connectivity index is 2.05. The first-order chi connectivity index (χ1) is 10.1. The zero-order valence-corrected chi connectivity index (χ0v) is 14.4. The van der Waals surface area contributed by atoms with Gasteiger partial charge in [-0.05, 0) is 49.4 Å². The molecular weight excluding hydrogens is 280 g/mol. The summed E-state index contributed by atoms with van der Waals surface area (Å²) >= 11 is 6.53. The Hall–Kier alpha value is -0.730. The number of nitrogens with zero attached hydrogens (tertiary/aromatic N) is 1. The molecule has 0 aromatic heterocycles. The molecule has 118 valence electrons. The van der Waals surface area contributed by atoms with E-state index in [0.29, 0.717) is 6.04 Å². The summed E-state index contributed by atoms with van der Waals surface area (Å²) in [5.74, 6) is 0.755. The summed E-state index contributed by atoms with van der Waals surface area (Å²) in [5, 5.41) is 4.31. The molecule has 0 aliphatic heterocycles. The number of nitrogens with one attached hydrogen (secondary N) is 1. The Morgan fingerprint density at radius 2 is 2.05 bits per heavy atom. The molecule has 2 rings (SSSR count). The third kappa shape index (κ3) is 4.37. The molecule has 2 unspecified atom stereocenters. The van der Waals surface area contributed by atoms with Crippen LogP contribution in [0, 0.1) is 5.92 Å². The lowest BCUT2D eigenvalue weighted by Gasteiger charge is -2.38. The Kier molecular flexibility index (Phi) is 6.38. The molecule has 1 aliphatic carbocycles. The molecule has 1 saturated carbocycles. The van der Waals surface area contributed by atoms with E-state index in [4.69, 9.17) is 11.6 Å². The minimum Gasteiger partial charge on any atom is -0.370 e. The molecule has 2 nitrogen and oxygen atoms in total. The first kappa shape index (κ1) is 16.6. The van der Waals surface area contributed by atoms with Crippen LogP contribution in [0.2, 0.25) is 5.02 Å². The van der Waals surface area contributed by atoms with Crippen LogP contribution in [0.5, 0.6) is 0 Å². The summed E-state index contributed by atoms with van der Waals surface area (Å²) in [6.45, 7) is 6.51. The Morgan fingerprint density at radius 3 is 2.71 bits per heavy atom. The molecule has 1 N–H and O–H groups in total. The third-order valence-corrected chi connectivity index (χ3v) is 5.01. The van der Waals surface area contributed by atoms with Crippen molar-refractivity contribution in [1.82, 2.24) is 5.32 Å². The lowest BCUT2D eigenvalue weighted by Crippen LogP contribution is -2.39. The van der Waals surface area contributed by atoms with E-state index in [1.807, 2.05) is 0 Å². The molecule has 1 aromatic carbocycles. The van der Waals surface area contributed by atoms with Crippen LogP contribution in [0.15, 0.2) is 18.2 Å².